The van der Waals surface area contributed by atoms with Gasteiger partial charge in [-0.2, -0.15) is 0 Å². The molecule has 0 aliphatic heterocycles. The Balaban J connectivity index is 2.01. The van der Waals surface area contributed by atoms with Gasteiger partial charge in [-0.15, -0.1) is 0 Å². The summed E-state index contributed by atoms with van der Waals surface area (Å²) in [5, 5.41) is 2.99. The van der Waals surface area contributed by atoms with E-state index >= 15 is 0 Å². The summed E-state index contributed by atoms with van der Waals surface area (Å²) < 4.78 is 27.3. The third-order valence-corrected chi connectivity index (χ3v) is 5.23. The summed E-state index contributed by atoms with van der Waals surface area (Å²) in [5.74, 6) is 0.718. The Hall–Kier alpha value is -0.850. The normalized spacial score (nSPS) is 24.5. The molecule has 1 saturated carbocycles. The summed E-state index contributed by atoms with van der Waals surface area (Å²) in [4.78, 5) is 3.31. The molecule has 1 aromatic heterocycles. The molecule has 1 aromatic rings. The van der Waals surface area contributed by atoms with Gasteiger partial charge in [-0.25, -0.2) is 13.1 Å². The van der Waals surface area contributed by atoms with Gasteiger partial charge in [0.1, 0.15) is 0 Å². The van der Waals surface area contributed by atoms with E-state index in [1.807, 2.05) is 7.05 Å². The van der Waals surface area contributed by atoms with Crippen LogP contribution in [0.4, 0.5) is 0 Å². The summed E-state index contributed by atoms with van der Waals surface area (Å²) in [6, 6.07) is 1.77. The van der Waals surface area contributed by atoms with E-state index in [2.05, 4.69) is 21.9 Å². The number of rotatable bonds is 5. The van der Waals surface area contributed by atoms with Gasteiger partial charge in [0.05, 0.1) is 4.90 Å². The largest absolute Gasteiger partial charge is 0.363 e. The van der Waals surface area contributed by atoms with Gasteiger partial charge in [0.15, 0.2) is 0 Å². The average Bonchev–Trinajstić information content (AvgIpc) is 2.82. The first-order valence-corrected chi connectivity index (χ1v) is 8.34. The number of sulfonamides is 1. The molecule has 0 aromatic carbocycles. The number of nitrogens with one attached hydrogen (secondary N) is 3. The van der Waals surface area contributed by atoms with Crippen LogP contribution in [0.2, 0.25) is 0 Å². The lowest BCUT2D eigenvalue weighted by molar-refractivity contribution is 0.332. The van der Waals surface area contributed by atoms with Crippen molar-refractivity contribution >= 4 is 10.0 Å². The van der Waals surface area contributed by atoms with Crippen molar-refractivity contribution in [2.45, 2.75) is 50.1 Å². The van der Waals surface area contributed by atoms with Crippen molar-refractivity contribution in [1.82, 2.24) is 15.0 Å². The van der Waals surface area contributed by atoms with Crippen molar-refractivity contribution in [2.75, 3.05) is 7.05 Å². The van der Waals surface area contributed by atoms with E-state index in [1.54, 1.807) is 12.3 Å². The smallest absolute Gasteiger partial charge is 0.242 e. The lowest BCUT2D eigenvalue weighted by Gasteiger charge is -2.26. The Labute approximate surface area is 115 Å². The molecule has 5 nitrogen and oxygen atoms in total. The quantitative estimate of drug-likeness (QED) is 0.769. The first-order valence-electron chi connectivity index (χ1n) is 6.85. The minimum atomic E-state index is -3.38. The van der Waals surface area contributed by atoms with Gasteiger partial charge in [-0.3, -0.25) is 0 Å². The molecule has 0 spiro atoms. The zero-order valence-corrected chi connectivity index (χ0v) is 12.4. The van der Waals surface area contributed by atoms with Crippen molar-refractivity contribution in [3.8, 4) is 0 Å². The standard InChI is InChI=1S/C13H23N3O2S/c1-10-3-5-11(6-4-10)16-19(17,18)13-7-12(8-14-2)15-9-13/h7,9-11,14-16H,3-6,8H2,1-2H3. The molecule has 2 rings (SSSR count). The van der Waals surface area contributed by atoms with Crippen molar-refractivity contribution in [2.24, 2.45) is 5.92 Å². The maximum Gasteiger partial charge on any atom is 0.242 e. The molecule has 0 radical (unpaired) electrons. The molecule has 108 valence electrons. The third-order valence-electron chi connectivity index (χ3n) is 3.73. The Kier molecular flexibility index (Phi) is 4.65. The highest BCUT2D eigenvalue weighted by Gasteiger charge is 2.24. The molecule has 19 heavy (non-hydrogen) atoms. The van der Waals surface area contributed by atoms with Gasteiger partial charge in [0.25, 0.3) is 0 Å². The first-order chi connectivity index (χ1) is 9.01. The average molecular weight is 285 g/mol. The topological polar surface area (TPSA) is 74.0 Å². The summed E-state index contributed by atoms with van der Waals surface area (Å²) in [6.45, 7) is 2.86. The van der Waals surface area contributed by atoms with E-state index in [4.69, 9.17) is 0 Å². The second-order valence-corrected chi connectivity index (χ2v) is 7.18. The third kappa shape index (κ3) is 3.81. The predicted molar refractivity (Wildman–Crippen MR) is 75.3 cm³/mol. The van der Waals surface area contributed by atoms with Gasteiger partial charge in [0, 0.05) is 24.5 Å². The molecule has 6 heteroatoms. The molecule has 0 saturated heterocycles. The molecule has 0 amide bonds. The Morgan fingerprint density at radius 2 is 2.00 bits per heavy atom. The zero-order valence-electron chi connectivity index (χ0n) is 11.6. The van der Waals surface area contributed by atoms with Crippen molar-refractivity contribution in [3.05, 3.63) is 18.0 Å². The summed E-state index contributed by atoms with van der Waals surface area (Å²) in [6.07, 6.45) is 5.64. The lowest BCUT2D eigenvalue weighted by Crippen LogP contribution is -2.37. The maximum absolute atomic E-state index is 12.2. The molecule has 1 aliphatic rings. The van der Waals surface area contributed by atoms with Crippen molar-refractivity contribution < 1.29 is 8.42 Å². The Bertz CT molecular complexity index is 502. The van der Waals surface area contributed by atoms with Gasteiger partial charge < -0.3 is 10.3 Å². The van der Waals surface area contributed by atoms with Crippen molar-refractivity contribution in [3.63, 3.8) is 0 Å². The van der Waals surface area contributed by atoms with E-state index in [1.165, 1.54) is 0 Å². The fraction of sp³-hybridized carbons (Fsp3) is 0.692. The molecular weight excluding hydrogens is 262 g/mol. The molecule has 0 unspecified atom stereocenters. The van der Waals surface area contributed by atoms with Crippen LogP contribution < -0.4 is 10.0 Å². The van der Waals surface area contributed by atoms with Crippen LogP contribution in [0.15, 0.2) is 17.2 Å². The lowest BCUT2D eigenvalue weighted by atomic mass is 9.88. The van der Waals surface area contributed by atoms with E-state index in [-0.39, 0.29) is 6.04 Å². The van der Waals surface area contributed by atoms with E-state index in [0.29, 0.717) is 11.4 Å². The molecule has 0 atom stereocenters. The summed E-state index contributed by atoms with van der Waals surface area (Å²) >= 11 is 0. The highest BCUT2D eigenvalue weighted by atomic mass is 32.2. The van der Waals surface area contributed by atoms with Crippen LogP contribution in [0, 0.1) is 5.92 Å². The minimum absolute atomic E-state index is 0.0869. The van der Waals surface area contributed by atoms with Crippen LogP contribution >= 0.6 is 0 Å². The zero-order chi connectivity index (χ0) is 13.9. The molecule has 1 aliphatic carbocycles. The summed E-state index contributed by atoms with van der Waals surface area (Å²) in [7, 11) is -1.55. The van der Waals surface area contributed by atoms with Gasteiger partial charge in [-0.1, -0.05) is 6.92 Å². The number of aromatic nitrogens is 1. The van der Waals surface area contributed by atoms with Gasteiger partial charge in [-0.05, 0) is 44.7 Å². The fourth-order valence-electron chi connectivity index (χ4n) is 2.53. The van der Waals surface area contributed by atoms with Gasteiger partial charge >= 0.3 is 0 Å². The molecule has 0 bridgehead atoms. The Morgan fingerprint density at radius 3 is 2.63 bits per heavy atom. The van der Waals surface area contributed by atoms with Gasteiger partial charge in [0.2, 0.25) is 10.0 Å². The highest BCUT2D eigenvalue weighted by Crippen LogP contribution is 2.24. The number of aromatic amines is 1. The highest BCUT2D eigenvalue weighted by molar-refractivity contribution is 7.89. The van der Waals surface area contributed by atoms with E-state index in [9.17, 15) is 8.42 Å². The molecular formula is C13H23N3O2S. The summed E-state index contributed by atoms with van der Waals surface area (Å²) in [5.41, 5.74) is 0.875. The fourth-order valence-corrected chi connectivity index (χ4v) is 3.85. The van der Waals surface area contributed by atoms with Crippen molar-refractivity contribution in [1.29, 1.82) is 0 Å². The number of H-pyrrole nitrogens is 1. The van der Waals surface area contributed by atoms with Crippen LogP contribution in [0.25, 0.3) is 0 Å². The minimum Gasteiger partial charge on any atom is -0.363 e. The van der Waals surface area contributed by atoms with Crippen LogP contribution in [0.5, 0.6) is 0 Å². The second-order valence-electron chi connectivity index (χ2n) is 5.47. The molecule has 1 heterocycles. The van der Waals surface area contributed by atoms with Crippen LogP contribution in [-0.2, 0) is 16.6 Å². The van der Waals surface area contributed by atoms with E-state index < -0.39 is 10.0 Å². The monoisotopic (exact) mass is 285 g/mol. The Morgan fingerprint density at radius 1 is 1.32 bits per heavy atom. The van der Waals surface area contributed by atoms with E-state index in [0.717, 1.165) is 37.3 Å². The molecule has 1 fully saturated rings. The maximum atomic E-state index is 12.2. The number of hydrogen-bond acceptors (Lipinski definition) is 3. The number of hydrogen-bond donors (Lipinski definition) is 3. The van der Waals surface area contributed by atoms with Crippen LogP contribution in [0.1, 0.15) is 38.3 Å². The second kappa shape index (κ2) is 6.07. The predicted octanol–water partition coefficient (Wildman–Crippen LogP) is 1.59. The van der Waals surface area contributed by atoms with Crippen LogP contribution in [0.3, 0.4) is 0 Å². The first kappa shape index (κ1) is 14.6. The molecule has 3 N–H and O–H groups in total. The SMILES string of the molecule is CNCc1cc(S(=O)(=O)NC2CCC(C)CC2)c[nH]1. The van der Waals surface area contributed by atoms with Crippen LogP contribution in [-0.4, -0.2) is 26.5 Å².